The Morgan fingerprint density at radius 2 is 1.77 bits per heavy atom. The maximum absolute atomic E-state index is 12.8. The van der Waals surface area contributed by atoms with Crippen molar-refractivity contribution in [2.45, 2.75) is 34.3 Å². The van der Waals surface area contributed by atoms with E-state index in [4.69, 9.17) is 4.74 Å². The minimum atomic E-state index is -0.154. The van der Waals surface area contributed by atoms with Crippen LogP contribution in [0.1, 0.15) is 38.3 Å². The second-order valence-electron chi connectivity index (χ2n) is 7.70. The average molecular weight is 399 g/mol. The number of imidazole rings is 1. The molecule has 0 atom stereocenters. The van der Waals surface area contributed by atoms with Crippen molar-refractivity contribution in [2.75, 3.05) is 5.32 Å². The monoisotopic (exact) mass is 399 g/mol. The van der Waals surface area contributed by atoms with Crippen LogP contribution >= 0.6 is 0 Å². The molecule has 1 amide bonds. The molecule has 2 aromatic carbocycles. The number of nitrogens with one attached hydrogen (secondary N) is 1. The molecule has 0 spiro atoms. The molecular formula is C25H25N3O2. The maximum atomic E-state index is 12.8. The Balaban J connectivity index is 1.48. The van der Waals surface area contributed by atoms with Gasteiger partial charge in [0, 0.05) is 23.6 Å². The fraction of sp³-hybridized carbons (Fsp3) is 0.200. The summed E-state index contributed by atoms with van der Waals surface area (Å²) in [5.74, 6) is 0.479. The van der Waals surface area contributed by atoms with Crippen molar-refractivity contribution < 1.29 is 9.53 Å². The SMILES string of the molecule is Cc1cc(C)c(NC(=O)c2cccc(OCc3cn4cccc(C)c4n3)c2)c(C)c1. The topological polar surface area (TPSA) is 55.6 Å². The number of benzene rings is 2. The van der Waals surface area contributed by atoms with Crippen molar-refractivity contribution in [2.24, 2.45) is 0 Å². The van der Waals surface area contributed by atoms with E-state index in [1.54, 1.807) is 12.1 Å². The first-order valence-electron chi connectivity index (χ1n) is 9.96. The van der Waals surface area contributed by atoms with Crippen LogP contribution in [-0.2, 0) is 6.61 Å². The quantitative estimate of drug-likeness (QED) is 0.489. The molecule has 0 aliphatic carbocycles. The van der Waals surface area contributed by atoms with Gasteiger partial charge in [-0.1, -0.05) is 29.8 Å². The van der Waals surface area contributed by atoms with E-state index in [9.17, 15) is 4.79 Å². The van der Waals surface area contributed by atoms with Gasteiger partial charge in [0.1, 0.15) is 18.0 Å². The molecule has 152 valence electrons. The van der Waals surface area contributed by atoms with Gasteiger partial charge >= 0.3 is 0 Å². The molecule has 1 N–H and O–H groups in total. The molecule has 5 heteroatoms. The highest BCUT2D eigenvalue weighted by Crippen LogP contribution is 2.23. The van der Waals surface area contributed by atoms with Crippen LogP contribution in [0.4, 0.5) is 5.69 Å². The normalized spacial score (nSPS) is 10.9. The van der Waals surface area contributed by atoms with E-state index in [0.29, 0.717) is 17.9 Å². The summed E-state index contributed by atoms with van der Waals surface area (Å²) in [6.07, 6.45) is 3.93. The van der Waals surface area contributed by atoms with Gasteiger partial charge in [0.05, 0.1) is 5.69 Å². The molecule has 4 aromatic rings. The number of anilines is 1. The van der Waals surface area contributed by atoms with Gasteiger partial charge in [0.15, 0.2) is 0 Å². The van der Waals surface area contributed by atoms with E-state index in [-0.39, 0.29) is 5.91 Å². The van der Waals surface area contributed by atoms with Crippen LogP contribution in [0.15, 0.2) is 60.9 Å². The van der Waals surface area contributed by atoms with E-state index >= 15 is 0 Å². The summed E-state index contributed by atoms with van der Waals surface area (Å²) in [7, 11) is 0. The van der Waals surface area contributed by atoms with Gasteiger partial charge in [-0.25, -0.2) is 4.98 Å². The van der Waals surface area contributed by atoms with Gasteiger partial charge in [-0.2, -0.15) is 0 Å². The molecule has 30 heavy (non-hydrogen) atoms. The number of carbonyl (C=O) groups is 1. The molecule has 0 aliphatic rings. The maximum Gasteiger partial charge on any atom is 0.255 e. The predicted octanol–water partition coefficient (Wildman–Crippen LogP) is 5.40. The fourth-order valence-electron chi connectivity index (χ4n) is 3.72. The number of carbonyl (C=O) groups excluding carboxylic acids is 1. The summed E-state index contributed by atoms with van der Waals surface area (Å²) < 4.78 is 7.90. The van der Waals surface area contributed by atoms with Crippen LogP contribution in [0.5, 0.6) is 5.75 Å². The van der Waals surface area contributed by atoms with Crippen molar-refractivity contribution in [3.05, 3.63) is 94.4 Å². The number of aryl methyl sites for hydroxylation is 4. The van der Waals surface area contributed by atoms with Crippen LogP contribution in [-0.4, -0.2) is 15.3 Å². The van der Waals surface area contributed by atoms with Crippen molar-refractivity contribution in [1.29, 1.82) is 0 Å². The highest BCUT2D eigenvalue weighted by atomic mass is 16.5. The van der Waals surface area contributed by atoms with E-state index in [1.807, 2.05) is 61.8 Å². The summed E-state index contributed by atoms with van der Waals surface area (Å²) in [4.78, 5) is 17.4. The molecule has 2 heterocycles. The Bertz CT molecular complexity index is 1220. The molecule has 0 fully saturated rings. The zero-order valence-corrected chi connectivity index (χ0v) is 17.7. The van der Waals surface area contributed by atoms with Crippen LogP contribution < -0.4 is 10.1 Å². The number of amides is 1. The number of nitrogens with zero attached hydrogens (tertiary/aromatic N) is 2. The number of hydrogen-bond donors (Lipinski definition) is 1. The molecule has 0 unspecified atom stereocenters. The predicted molar refractivity (Wildman–Crippen MR) is 119 cm³/mol. The Morgan fingerprint density at radius 1 is 1.00 bits per heavy atom. The molecule has 0 saturated carbocycles. The Labute approximate surface area is 176 Å². The van der Waals surface area contributed by atoms with Crippen LogP contribution in [0, 0.1) is 27.7 Å². The number of pyridine rings is 1. The number of hydrogen-bond acceptors (Lipinski definition) is 3. The van der Waals surface area contributed by atoms with Gasteiger partial charge in [-0.05, 0) is 68.7 Å². The molecule has 2 aromatic heterocycles. The zero-order valence-electron chi connectivity index (χ0n) is 17.7. The smallest absolute Gasteiger partial charge is 0.255 e. The fourth-order valence-corrected chi connectivity index (χ4v) is 3.72. The zero-order chi connectivity index (χ0) is 21.3. The molecule has 0 aliphatic heterocycles. The highest BCUT2D eigenvalue weighted by Gasteiger charge is 2.12. The summed E-state index contributed by atoms with van der Waals surface area (Å²) in [5, 5.41) is 3.04. The van der Waals surface area contributed by atoms with Crippen LogP contribution in [0.2, 0.25) is 0 Å². The van der Waals surface area contributed by atoms with Crippen LogP contribution in [0.25, 0.3) is 5.65 Å². The number of fused-ring (bicyclic) bond motifs is 1. The Kier molecular flexibility index (Phi) is 5.27. The van der Waals surface area contributed by atoms with Crippen LogP contribution in [0.3, 0.4) is 0 Å². The van der Waals surface area contributed by atoms with Gasteiger partial charge in [0.2, 0.25) is 0 Å². The lowest BCUT2D eigenvalue weighted by molar-refractivity contribution is 0.102. The van der Waals surface area contributed by atoms with Crippen molar-refractivity contribution in [3.63, 3.8) is 0 Å². The van der Waals surface area contributed by atoms with Gasteiger partial charge < -0.3 is 14.5 Å². The highest BCUT2D eigenvalue weighted by molar-refractivity contribution is 6.05. The van der Waals surface area contributed by atoms with Gasteiger partial charge in [-0.15, -0.1) is 0 Å². The molecule has 4 rings (SSSR count). The minimum Gasteiger partial charge on any atom is -0.487 e. The second-order valence-corrected chi connectivity index (χ2v) is 7.70. The number of rotatable bonds is 5. The first-order valence-corrected chi connectivity index (χ1v) is 9.96. The van der Waals surface area contributed by atoms with E-state index < -0.39 is 0 Å². The minimum absolute atomic E-state index is 0.154. The van der Waals surface area contributed by atoms with Crippen molar-refractivity contribution in [3.8, 4) is 5.75 Å². The number of ether oxygens (including phenoxy) is 1. The molecule has 0 bridgehead atoms. The summed E-state index contributed by atoms with van der Waals surface area (Å²) in [6.45, 7) is 8.43. The molecule has 0 saturated heterocycles. The lowest BCUT2D eigenvalue weighted by atomic mass is 10.0. The molecular weight excluding hydrogens is 374 g/mol. The third-order valence-corrected chi connectivity index (χ3v) is 5.13. The first-order chi connectivity index (χ1) is 14.4. The Morgan fingerprint density at radius 3 is 2.50 bits per heavy atom. The molecule has 5 nitrogen and oxygen atoms in total. The lowest BCUT2D eigenvalue weighted by Crippen LogP contribution is -2.14. The van der Waals surface area contributed by atoms with E-state index in [2.05, 4.69) is 29.4 Å². The first kappa shape index (κ1) is 19.7. The summed E-state index contributed by atoms with van der Waals surface area (Å²) >= 11 is 0. The summed E-state index contributed by atoms with van der Waals surface area (Å²) in [6, 6.07) is 15.4. The number of aromatic nitrogens is 2. The van der Waals surface area contributed by atoms with E-state index in [0.717, 1.165) is 33.7 Å². The standard InChI is InChI=1S/C25H25N3O2/c1-16-11-18(3)23(19(4)12-16)27-25(29)20-8-5-9-22(13-20)30-15-21-14-28-10-6-7-17(2)24(28)26-21/h5-14H,15H2,1-4H3,(H,27,29). The largest absolute Gasteiger partial charge is 0.487 e. The molecule has 0 radical (unpaired) electrons. The van der Waals surface area contributed by atoms with Gasteiger partial charge in [-0.3, -0.25) is 4.79 Å². The second kappa shape index (κ2) is 8.03. The van der Waals surface area contributed by atoms with Gasteiger partial charge in [0.25, 0.3) is 5.91 Å². The third-order valence-electron chi connectivity index (χ3n) is 5.13. The van der Waals surface area contributed by atoms with Crippen molar-refractivity contribution in [1.82, 2.24) is 9.38 Å². The average Bonchev–Trinajstić information content (AvgIpc) is 3.14. The van der Waals surface area contributed by atoms with E-state index in [1.165, 1.54) is 5.56 Å². The van der Waals surface area contributed by atoms with Crippen molar-refractivity contribution >= 4 is 17.2 Å². The summed E-state index contributed by atoms with van der Waals surface area (Å²) in [5.41, 5.74) is 7.57. The third kappa shape index (κ3) is 4.06. The Hall–Kier alpha value is -3.60. The lowest BCUT2D eigenvalue weighted by Gasteiger charge is -2.13.